The van der Waals surface area contributed by atoms with Crippen molar-refractivity contribution in [2.45, 2.75) is 58.3 Å². The topological polar surface area (TPSA) is 92.5 Å². The molecule has 0 unspecified atom stereocenters. The molecule has 0 saturated carbocycles. The molecule has 0 atom stereocenters. The number of carbonyl (C=O) groups is 1. The maximum atomic E-state index is 11.0. The summed E-state index contributed by atoms with van der Waals surface area (Å²) in [6.07, 6.45) is 9.68. The Bertz CT molecular complexity index is 485. The molecule has 0 saturated heterocycles. The molecule has 1 aromatic rings. The summed E-state index contributed by atoms with van der Waals surface area (Å²) in [6.45, 7) is 2.89. The lowest BCUT2D eigenvalue weighted by Gasteiger charge is -2.07. The molecular weight excluding hydrogens is 296 g/mol. The number of nitrogens with zero attached hydrogens (tertiary/aromatic N) is 1. The number of non-ortho nitro benzene ring substituents is 1. The van der Waals surface area contributed by atoms with Gasteiger partial charge in [0.25, 0.3) is 5.69 Å². The lowest BCUT2D eigenvalue weighted by atomic mass is 10.1. The number of carboxylic acids is 1. The third-order valence-electron chi connectivity index (χ3n) is 3.73. The standard InChI is InChI=1S/C17H26N2O4/c1-2-3-4-5-6-7-8-9-10-18-15-11-14(17(20)21)12-16(13-15)19(22)23/h11-13,18H,2-10H2,1H3,(H,20,21). The van der Waals surface area contributed by atoms with E-state index < -0.39 is 10.9 Å². The average molecular weight is 322 g/mol. The second-order valence-electron chi connectivity index (χ2n) is 5.73. The van der Waals surface area contributed by atoms with E-state index in [2.05, 4.69) is 12.2 Å². The molecule has 6 heteroatoms. The van der Waals surface area contributed by atoms with Crippen LogP contribution in [0.3, 0.4) is 0 Å². The minimum atomic E-state index is -1.16. The van der Waals surface area contributed by atoms with Crippen molar-refractivity contribution in [1.29, 1.82) is 0 Å². The number of rotatable bonds is 12. The monoisotopic (exact) mass is 322 g/mol. The first-order valence-electron chi connectivity index (χ1n) is 8.31. The summed E-state index contributed by atoms with van der Waals surface area (Å²) >= 11 is 0. The van der Waals surface area contributed by atoms with Gasteiger partial charge in [-0.05, 0) is 12.5 Å². The summed E-state index contributed by atoms with van der Waals surface area (Å²) in [4.78, 5) is 21.3. The molecule has 0 aliphatic rings. The predicted octanol–water partition coefficient (Wildman–Crippen LogP) is 4.85. The van der Waals surface area contributed by atoms with Crippen LogP contribution in [0.1, 0.15) is 68.6 Å². The summed E-state index contributed by atoms with van der Waals surface area (Å²) in [5.41, 5.74) is 0.209. The van der Waals surface area contributed by atoms with E-state index in [1.54, 1.807) is 0 Å². The van der Waals surface area contributed by atoms with Crippen LogP contribution in [0.25, 0.3) is 0 Å². The van der Waals surface area contributed by atoms with E-state index >= 15 is 0 Å². The highest BCUT2D eigenvalue weighted by atomic mass is 16.6. The Morgan fingerprint density at radius 3 is 2.26 bits per heavy atom. The maximum absolute atomic E-state index is 11.0. The fourth-order valence-corrected chi connectivity index (χ4v) is 2.43. The number of nitro benzene ring substituents is 1. The second-order valence-corrected chi connectivity index (χ2v) is 5.73. The van der Waals surface area contributed by atoms with E-state index in [-0.39, 0.29) is 11.3 Å². The van der Waals surface area contributed by atoms with Gasteiger partial charge in [0.15, 0.2) is 0 Å². The molecule has 0 bridgehead atoms. The normalized spacial score (nSPS) is 10.5. The Morgan fingerprint density at radius 1 is 1.09 bits per heavy atom. The number of hydrogen-bond acceptors (Lipinski definition) is 4. The third-order valence-corrected chi connectivity index (χ3v) is 3.73. The molecule has 0 heterocycles. The molecule has 23 heavy (non-hydrogen) atoms. The van der Waals surface area contributed by atoms with Crippen LogP contribution in [0.5, 0.6) is 0 Å². The van der Waals surface area contributed by atoms with Gasteiger partial charge in [0.2, 0.25) is 0 Å². The lowest BCUT2D eigenvalue weighted by Crippen LogP contribution is -2.05. The molecule has 128 valence electrons. The zero-order valence-electron chi connectivity index (χ0n) is 13.7. The van der Waals surface area contributed by atoms with Crippen molar-refractivity contribution in [2.75, 3.05) is 11.9 Å². The summed E-state index contributed by atoms with van der Waals surface area (Å²) in [7, 11) is 0. The van der Waals surface area contributed by atoms with Gasteiger partial charge in [-0.25, -0.2) is 4.79 Å². The number of aromatic carboxylic acids is 1. The molecule has 0 radical (unpaired) electrons. The minimum absolute atomic E-state index is 0.0716. The fourth-order valence-electron chi connectivity index (χ4n) is 2.43. The zero-order chi connectivity index (χ0) is 17.1. The molecule has 0 fully saturated rings. The first kappa shape index (κ1) is 18.9. The van der Waals surface area contributed by atoms with Crippen molar-refractivity contribution in [3.8, 4) is 0 Å². The predicted molar refractivity (Wildman–Crippen MR) is 91.2 cm³/mol. The summed E-state index contributed by atoms with van der Waals surface area (Å²) < 4.78 is 0. The van der Waals surface area contributed by atoms with Gasteiger partial charge in [0.05, 0.1) is 10.5 Å². The van der Waals surface area contributed by atoms with Gasteiger partial charge in [-0.1, -0.05) is 51.9 Å². The summed E-state index contributed by atoms with van der Waals surface area (Å²) in [6, 6.07) is 3.88. The molecule has 1 aromatic carbocycles. The van der Waals surface area contributed by atoms with Crippen LogP contribution in [0.4, 0.5) is 11.4 Å². The Morgan fingerprint density at radius 2 is 1.70 bits per heavy atom. The number of unbranched alkanes of at least 4 members (excludes halogenated alkanes) is 7. The van der Waals surface area contributed by atoms with Gasteiger partial charge in [0.1, 0.15) is 0 Å². The lowest BCUT2D eigenvalue weighted by molar-refractivity contribution is -0.384. The molecule has 0 amide bonds. The second kappa shape index (κ2) is 10.6. The Balaban J connectivity index is 2.34. The van der Waals surface area contributed by atoms with E-state index in [1.807, 2.05) is 0 Å². The number of nitrogens with one attached hydrogen (secondary N) is 1. The summed E-state index contributed by atoms with van der Waals surface area (Å²) in [5.74, 6) is -1.16. The molecule has 0 aliphatic heterocycles. The number of carboxylic acid groups (broad SMARTS) is 1. The first-order chi connectivity index (χ1) is 11.0. The molecular formula is C17H26N2O4. The number of hydrogen-bond donors (Lipinski definition) is 2. The quantitative estimate of drug-likeness (QED) is 0.326. The van der Waals surface area contributed by atoms with Gasteiger partial charge in [0, 0.05) is 24.4 Å². The fraction of sp³-hybridized carbons (Fsp3) is 0.588. The number of anilines is 1. The van der Waals surface area contributed by atoms with E-state index in [0.29, 0.717) is 12.2 Å². The van der Waals surface area contributed by atoms with E-state index in [4.69, 9.17) is 5.11 Å². The first-order valence-corrected chi connectivity index (χ1v) is 8.31. The molecule has 2 N–H and O–H groups in total. The van der Waals surface area contributed by atoms with Crippen LogP contribution >= 0.6 is 0 Å². The van der Waals surface area contributed by atoms with Crippen LogP contribution in [0.15, 0.2) is 18.2 Å². The number of nitro groups is 1. The van der Waals surface area contributed by atoms with Crippen LogP contribution in [0.2, 0.25) is 0 Å². The number of benzene rings is 1. The van der Waals surface area contributed by atoms with Gasteiger partial charge < -0.3 is 10.4 Å². The van der Waals surface area contributed by atoms with Gasteiger partial charge >= 0.3 is 5.97 Å². The van der Waals surface area contributed by atoms with E-state index in [1.165, 1.54) is 50.7 Å². The van der Waals surface area contributed by atoms with Gasteiger partial charge in [-0.15, -0.1) is 0 Å². The average Bonchev–Trinajstić information content (AvgIpc) is 2.53. The van der Waals surface area contributed by atoms with Crippen molar-refractivity contribution in [2.24, 2.45) is 0 Å². The smallest absolute Gasteiger partial charge is 0.336 e. The van der Waals surface area contributed by atoms with Crippen molar-refractivity contribution < 1.29 is 14.8 Å². The van der Waals surface area contributed by atoms with Crippen LogP contribution < -0.4 is 5.32 Å². The maximum Gasteiger partial charge on any atom is 0.336 e. The highest BCUT2D eigenvalue weighted by molar-refractivity contribution is 5.89. The largest absolute Gasteiger partial charge is 0.478 e. The third kappa shape index (κ3) is 7.63. The SMILES string of the molecule is CCCCCCCCCCNc1cc(C(=O)O)cc([N+](=O)[O-])c1. The van der Waals surface area contributed by atoms with Crippen LogP contribution in [0, 0.1) is 10.1 Å². The van der Waals surface area contributed by atoms with Crippen molar-refractivity contribution in [3.05, 3.63) is 33.9 Å². The van der Waals surface area contributed by atoms with Crippen LogP contribution in [-0.4, -0.2) is 22.5 Å². The molecule has 1 rings (SSSR count). The van der Waals surface area contributed by atoms with E-state index in [9.17, 15) is 14.9 Å². The van der Waals surface area contributed by atoms with Crippen molar-refractivity contribution in [1.82, 2.24) is 0 Å². The molecule has 0 aliphatic carbocycles. The van der Waals surface area contributed by atoms with Crippen molar-refractivity contribution in [3.63, 3.8) is 0 Å². The van der Waals surface area contributed by atoms with Crippen molar-refractivity contribution >= 4 is 17.3 Å². The Labute approximate surface area is 137 Å². The van der Waals surface area contributed by atoms with Crippen LogP contribution in [-0.2, 0) is 0 Å². The molecule has 0 spiro atoms. The molecule has 0 aromatic heterocycles. The Kier molecular flexibility index (Phi) is 8.72. The molecule has 6 nitrogen and oxygen atoms in total. The minimum Gasteiger partial charge on any atom is -0.478 e. The zero-order valence-corrected chi connectivity index (χ0v) is 13.7. The highest BCUT2D eigenvalue weighted by Crippen LogP contribution is 2.21. The van der Waals surface area contributed by atoms with Gasteiger partial charge in [-0.3, -0.25) is 10.1 Å². The Hall–Kier alpha value is -2.11. The summed E-state index contributed by atoms with van der Waals surface area (Å²) in [5, 5.41) is 22.9. The van der Waals surface area contributed by atoms with E-state index in [0.717, 1.165) is 18.9 Å². The van der Waals surface area contributed by atoms with Gasteiger partial charge in [-0.2, -0.15) is 0 Å². The highest BCUT2D eigenvalue weighted by Gasteiger charge is 2.13.